The van der Waals surface area contributed by atoms with E-state index in [1.165, 1.54) is 11.1 Å². The predicted octanol–water partition coefficient (Wildman–Crippen LogP) is 6.15. The number of hydrogen-bond acceptors (Lipinski definition) is 4. The summed E-state index contributed by atoms with van der Waals surface area (Å²) in [5, 5.41) is 12.2. The van der Waals surface area contributed by atoms with Gasteiger partial charge < -0.3 is 11.5 Å². The summed E-state index contributed by atoms with van der Waals surface area (Å²) in [5.74, 6) is 0. The third-order valence-corrected chi connectivity index (χ3v) is 7.12. The Labute approximate surface area is 232 Å². The molecule has 0 spiro atoms. The minimum absolute atomic E-state index is 0.0555. The Balaban J connectivity index is 0.000000193. The smallest absolute Gasteiger partial charge is 0.0923 e. The second-order valence-corrected chi connectivity index (χ2v) is 11.1. The summed E-state index contributed by atoms with van der Waals surface area (Å²) >= 11 is 0. The Kier molecular flexibility index (Phi) is 8.79. The van der Waals surface area contributed by atoms with Crippen molar-refractivity contribution in [1.29, 1.82) is 0 Å². The molecule has 0 fully saturated rings. The SMILES string of the molecule is CC(C)(CN)c1cc(-c2ccccc2)n(Cc2ccccc2)n1.CC(C)(CN)c1cc(-c2ccccc2)n[nH]1. The van der Waals surface area contributed by atoms with Crippen molar-refractivity contribution >= 4 is 0 Å². The van der Waals surface area contributed by atoms with Gasteiger partial charge in [0, 0.05) is 35.2 Å². The summed E-state index contributed by atoms with van der Waals surface area (Å²) < 4.78 is 2.08. The summed E-state index contributed by atoms with van der Waals surface area (Å²) in [7, 11) is 0. The number of rotatable bonds is 8. The van der Waals surface area contributed by atoms with E-state index < -0.39 is 0 Å². The molecule has 6 nitrogen and oxygen atoms in total. The molecular weight excluding hydrogens is 480 g/mol. The highest BCUT2D eigenvalue weighted by Gasteiger charge is 2.24. The van der Waals surface area contributed by atoms with Crippen LogP contribution in [0.4, 0.5) is 0 Å². The maximum absolute atomic E-state index is 5.94. The van der Waals surface area contributed by atoms with Crippen molar-refractivity contribution in [2.75, 3.05) is 13.1 Å². The lowest BCUT2D eigenvalue weighted by atomic mass is 9.89. The van der Waals surface area contributed by atoms with Gasteiger partial charge in [-0.2, -0.15) is 10.2 Å². The minimum Gasteiger partial charge on any atom is -0.330 e. The van der Waals surface area contributed by atoms with Crippen LogP contribution in [0.2, 0.25) is 0 Å². The maximum Gasteiger partial charge on any atom is 0.0923 e. The van der Waals surface area contributed by atoms with Crippen LogP contribution in [-0.2, 0) is 17.4 Å². The highest BCUT2D eigenvalue weighted by atomic mass is 15.3. The second-order valence-electron chi connectivity index (χ2n) is 11.1. The molecule has 0 aliphatic rings. The van der Waals surface area contributed by atoms with Crippen molar-refractivity contribution in [2.24, 2.45) is 11.5 Å². The van der Waals surface area contributed by atoms with E-state index in [4.69, 9.17) is 16.6 Å². The molecule has 39 heavy (non-hydrogen) atoms. The molecule has 0 unspecified atom stereocenters. The molecular formula is C33H40N6. The molecule has 0 aliphatic carbocycles. The number of aromatic nitrogens is 4. The summed E-state index contributed by atoms with van der Waals surface area (Å²) in [6, 6.07) is 35.2. The quantitative estimate of drug-likeness (QED) is 0.229. The molecule has 0 amide bonds. The number of benzene rings is 3. The highest BCUT2D eigenvalue weighted by Crippen LogP contribution is 2.28. The minimum atomic E-state index is -0.133. The number of nitrogens with two attached hydrogens (primary N) is 2. The first-order chi connectivity index (χ1) is 18.7. The van der Waals surface area contributed by atoms with Crippen LogP contribution >= 0.6 is 0 Å². The molecule has 6 heteroatoms. The normalized spacial score (nSPS) is 11.6. The van der Waals surface area contributed by atoms with E-state index in [9.17, 15) is 0 Å². The maximum atomic E-state index is 5.94. The van der Waals surface area contributed by atoms with Gasteiger partial charge in [0.15, 0.2) is 0 Å². The van der Waals surface area contributed by atoms with E-state index in [1.54, 1.807) is 0 Å². The van der Waals surface area contributed by atoms with Crippen LogP contribution in [0.5, 0.6) is 0 Å². The number of aromatic amines is 1. The van der Waals surface area contributed by atoms with E-state index in [2.05, 4.69) is 115 Å². The number of H-pyrrole nitrogens is 1. The monoisotopic (exact) mass is 520 g/mol. The lowest BCUT2D eigenvalue weighted by Gasteiger charge is -2.19. The standard InChI is InChI=1S/C20H23N3.C13H17N3/c1-20(2,15-21)19-13-18(17-11-7-4-8-12-17)23(22-19)14-16-9-5-3-6-10-16;1-13(2,9-14)12-8-11(15-16-12)10-6-4-3-5-7-10/h3-13H,14-15,21H2,1-2H3;3-8H,9,14H2,1-2H3,(H,15,16). The Morgan fingerprint density at radius 3 is 1.79 bits per heavy atom. The van der Waals surface area contributed by atoms with Crippen LogP contribution in [0.15, 0.2) is 103 Å². The lowest BCUT2D eigenvalue weighted by Crippen LogP contribution is -2.28. The molecule has 5 N–H and O–H groups in total. The largest absolute Gasteiger partial charge is 0.330 e. The molecule has 2 aromatic heterocycles. The van der Waals surface area contributed by atoms with E-state index >= 15 is 0 Å². The fourth-order valence-corrected chi connectivity index (χ4v) is 4.11. The third kappa shape index (κ3) is 6.91. The van der Waals surface area contributed by atoms with Crippen LogP contribution in [0.1, 0.15) is 44.6 Å². The molecule has 0 aliphatic heterocycles. The topological polar surface area (TPSA) is 98.5 Å². The van der Waals surface area contributed by atoms with Crippen molar-refractivity contribution in [3.63, 3.8) is 0 Å². The first-order valence-corrected chi connectivity index (χ1v) is 13.4. The van der Waals surface area contributed by atoms with Gasteiger partial charge in [0.2, 0.25) is 0 Å². The molecule has 5 aromatic rings. The zero-order chi connectivity index (χ0) is 27.9. The van der Waals surface area contributed by atoms with E-state index in [0.29, 0.717) is 13.1 Å². The van der Waals surface area contributed by atoms with Crippen LogP contribution < -0.4 is 11.5 Å². The van der Waals surface area contributed by atoms with Crippen LogP contribution in [0.3, 0.4) is 0 Å². The van der Waals surface area contributed by atoms with Gasteiger partial charge in [0.25, 0.3) is 0 Å². The second kappa shape index (κ2) is 12.2. The molecule has 5 rings (SSSR count). The van der Waals surface area contributed by atoms with Gasteiger partial charge in [-0.1, -0.05) is 119 Å². The summed E-state index contributed by atoms with van der Waals surface area (Å²) in [6.45, 7) is 10.4. The fourth-order valence-electron chi connectivity index (χ4n) is 4.11. The van der Waals surface area contributed by atoms with E-state index in [0.717, 1.165) is 34.9 Å². The van der Waals surface area contributed by atoms with Crippen LogP contribution in [-0.4, -0.2) is 33.1 Å². The van der Waals surface area contributed by atoms with Crippen molar-refractivity contribution < 1.29 is 0 Å². The van der Waals surface area contributed by atoms with Crippen molar-refractivity contribution in [3.05, 3.63) is 120 Å². The van der Waals surface area contributed by atoms with Gasteiger partial charge >= 0.3 is 0 Å². The lowest BCUT2D eigenvalue weighted by molar-refractivity contribution is 0.507. The van der Waals surface area contributed by atoms with Crippen LogP contribution in [0.25, 0.3) is 22.5 Å². The third-order valence-electron chi connectivity index (χ3n) is 7.12. The molecule has 0 atom stereocenters. The number of nitrogens with zero attached hydrogens (tertiary/aromatic N) is 3. The molecule has 2 heterocycles. The fraction of sp³-hybridized carbons (Fsp3) is 0.273. The van der Waals surface area contributed by atoms with Crippen LogP contribution in [0, 0.1) is 0 Å². The van der Waals surface area contributed by atoms with Crippen molar-refractivity contribution in [2.45, 2.75) is 45.1 Å². The number of nitrogens with one attached hydrogen (secondary N) is 1. The summed E-state index contributed by atoms with van der Waals surface area (Å²) in [4.78, 5) is 0. The van der Waals surface area contributed by atoms with E-state index in [1.807, 2.05) is 30.3 Å². The molecule has 0 saturated carbocycles. The van der Waals surface area contributed by atoms with Gasteiger partial charge in [-0.15, -0.1) is 0 Å². The first kappa shape index (κ1) is 28.0. The average molecular weight is 521 g/mol. The molecule has 202 valence electrons. The predicted molar refractivity (Wildman–Crippen MR) is 161 cm³/mol. The van der Waals surface area contributed by atoms with Gasteiger partial charge in [0.1, 0.15) is 0 Å². The molecule has 0 radical (unpaired) electrons. The van der Waals surface area contributed by atoms with Crippen molar-refractivity contribution in [1.82, 2.24) is 20.0 Å². The zero-order valence-corrected chi connectivity index (χ0v) is 23.4. The summed E-state index contributed by atoms with van der Waals surface area (Å²) in [6.07, 6.45) is 0. The molecule has 0 bridgehead atoms. The van der Waals surface area contributed by atoms with Gasteiger partial charge in [-0.05, 0) is 23.3 Å². The Morgan fingerprint density at radius 2 is 1.23 bits per heavy atom. The highest BCUT2D eigenvalue weighted by molar-refractivity contribution is 5.61. The van der Waals surface area contributed by atoms with Gasteiger partial charge in [-0.25, -0.2) is 0 Å². The number of hydrogen-bond donors (Lipinski definition) is 3. The Morgan fingerprint density at radius 1 is 0.692 bits per heavy atom. The summed E-state index contributed by atoms with van der Waals surface area (Å²) in [5.41, 5.74) is 19.2. The Hall–Kier alpha value is -4.00. The molecule has 0 saturated heterocycles. The molecule has 3 aromatic carbocycles. The van der Waals surface area contributed by atoms with Gasteiger partial charge in [0.05, 0.1) is 23.6 Å². The first-order valence-electron chi connectivity index (χ1n) is 13.4. The average Bonchev–Trinajstić information content (AvgIpc) is 3.64. The van der Waals surface area contributed by atoms with E-state index in [-0.39, 0.29) is 10.8 Å². The van der Waals surface area contributed by atoms with Gasteiger partial charge in [-0.3, -0.25) is 9.78 Å². The van der Waals surface area contributed by atoms with Crippen molar-refractivity contribution in [3.8, 4) is 22.5 Å². The zero-order valence-electron chi connectivity index (χ0n) is 23.4. The Bertz CT molecular complexity index is 1430.